The van der Waals surface area contributed by atoms with Crippen LogP contribution in [0.4, 0.5) is 14.7 Å². The Morgan fingerprint density at radius 2 is 2.09 bits per heavy atom. The zero-order chi connectivity index (χ0) is 8.43. The van der Waals surface area contributed by atoms with Gasteiger partial charge in [0.1, 0.15) is 9.39 Å². The van der Waals surface area contributed by atoms with Gasteiger partial charge in [-0.1, -0.05) is 0 Å². The predicted octanol–water partition coefficient (Wildman–Crippen LogP) is 1.60. The van der Waals surface area contributed by atoms with E-state index in [9.17, 15) is 8.78 Å². The van der Waals surface area contributed by atoms with Gasteiger partial charge in [-0.15, -0.1) is 0 Å². The highest BCUT2D eigenvalue weighted by atomic mass is 127. The van der Waals surface area contributed by atoms with Gasteiger partial charge in [0, 0.05) is 0 Å². The molecule has 6 heteroatoms. The fourth-order valence-corrected chi connectivity index (χ4v) is 1.13. The molecule has 0 amide bonds. The number of nitrogens with zero attached hydrogens (tertiary/aromatic N) is 2. The molecule has 1 aromatic heterocycles. The lowest BCUT2D eigenvalue weighted by Gasteiger charge is -1.99. The van der Waals surface area contributed by atoms with Crippen LogP contribution in [0.1, 0.15) is 12.1 Å². The van der Waals surface area contributed by atoms with Gasteiger partial charge in [0.05, 0.1) is 0 Å². The number of nitrogens with two attached hydrogens (primary N) is 1. The van der Waals surface area contributed by atoms with Gasteiger partial charge in [-0.05, 0) is 28.7 Å². The Balaban J connectivity index is 3.08. The predicted molar refractivity (Wildman–Crippen MR) is 44.1 cm³/mol. The fraction of sp³-hybridized carbons (Fsp3) is 0.200. The second-order valence-corrected chi connectivity index (χ2v) is 2.88. The molecular formula is C5H4F2IN3. The van der Waals surface area contributed by atoms with E-state index in [0.29, 0.717) is 3.70 Å². The molecule has 1 rings (SSSR count). The lowest BCUT2D eigenvalue weighted by Crippen LogP contribution is -2.00. The van der Waals surface area contributed by atoms with E-state index in [1.165, 1.54) is 6.07 Å². The van der Waals surface area contributed by atoms with Crippen LogP contribution in [0.3, 0.4) is 0 Å². The maximum absolute atomic E-state index is 12.0. The largest absolute Gasteiger partial charge is 0.368 e. The monoisotopic (exact) mass is 271 g/mol. The second-order valence-electron chi connectivity index (χ2n) is 1.77. The molecule has 0 unspecified atom stereocenters. The number of alkyl halides is 2. The smallest absolute Gasteiger partial charge is 0.280 e. The van der Waals surface area contributed by atoms with E-state index in [0.717, 1.165) is 0 Å². The van der Waals surface area contributed by atoms with Crippen LogP contribution in [0.2, 0.25) is 0 Å². The number of anilines is 1. The molecule has 1 aromatic rings. The fourth-order valence-electron chi connectivity index (χ4n) is 0.565. The number of aromatic nitrogens is 2. The Bertz CT molecular complexity index is 246. The minimum atomic E-state index is -2.59. The molecule has 0 saturated heterocycles. The van der Waals surface area contributed by atoms with Crippen LogP contribution in [-0.4, -0.2) is 9.97 Å². The number of nitrogen functional groups attached to an aromatic ring is 1. The van der Waals surface area contributed by atoms with Crippen LogP contribution >= 0.6 is 22.6 Å². The van der Waals surface area contributed by atoms with Crippen molar-refractivity contribution in [3.05, 3.63) is 15.5 Å². The van der Waals surface area contributed by atoms with Crippen LogP contribution in [-0.2, 0) is 0 Å². The van der Waals surface area contributed by atoms with E-state index in [1.807, 2.05) is 0 Å². The highest BCUT2D eigenvalue weighted by Gasteiger charge is 2.10. The Morgan fingerprint density at radius 1 is 1.45 bits per heavy atom. The molecule has 1 heterocycles. The van der Waals surface area contributed by atoms with Crippen LogP contribution in [0.15, 0.2) is 6.07 Å². The average Bonchev–Trinajstić information content (AvgIpc) is 1.85. The molecule has 0 aliphatic carbocycles. The minimum absolute atomic E-state index is 0.118. The first kappa shape index (κ1) is 8.57. The van der Waals surface area contributed by atoms with Crippen molar-refractivity contribution in [3.8, 4) is 0 Å². The molecule has 0 aliphatic rings. The lowest BCUT2D eigenvalue weighted by molar-refractivity contribution is 0.146. The third kappa shape index (κ3) is 2.21. The summed E-state index contributed by atoms with van der Waals surface area (Å²) in [6.45, 7) is 0. The molecule has 3 nitrogen and oxygen atoms in total. The third-order valence-corrected chi connectivity index (χ3v) is 1.51. The van der Waals surface area contributed by atoms with Crippen LogP contribution < -0.4 is 5.73 Å². The van der Waals surface area contributed by atoms with Gasteiger partial charge in [0.2, 0.25) is 5.95 Å². The van der Waals surface area contributed by atoms with Gasteiger partial charge in [0.25, 0.3) is 6.43 Å². The molecule has 0 aliphatic heterocycles. The number of hydrogen-bond acceptors (Lipinski definition) is 3. The second kappa shape index (κ2) is 3.24. The van der Waals surface area contributed by atoms with E-state index in [2.05, 4.69) is 9.97 Å². The molecule has 0 spiro atoms. The third-order valence-electron chi connectivity index (χ3n) is 0.956. The van der Waals surface area contributed by atoms with Crippen molar-refractivity contribution in [2.24, 2.45) is 0 Å². The van der Waals surface area contributed by atoms with E-state index in [1.54, 1.807) is 22.6 Å². The summed E-state index contributed by atoms with van der Waals surface area (Å²) < 4.78 is 24.4. The molecule has 0 radical (unpaired) electrons. The number of halogens is 3. The van der Waals surface area contributed by atoms with Crippen molar-refractivity contribution in [2.45, 2.75) is 6.43 Å². The van der Waals surface area contributed by atoms with Gasteiger partial charge in [-0.2, -0.15) is 0 Å². The summed E-state index contributed by atoms with van der Waals surface area (Å²) in [5.74, 6) is -0.118. The van der Waals surface area contributed by atoms with Crippen LogP contribution in [0.5, 0.6) is 0 Å². The molecule has 60 valence electrons. The number of hydrogen-bond donors (Lipinski definition) is 1. The maximum Gasteiger partial charge on any atom is 0.280 e. The molecule has 11 heavy (non-hydrogen) atoms. The summed E-state index contributed by atoms with van der Waals surface area (Å²) in [6.07, 6.45) is -2.59. The Morgan fingerprint density at radius 3 is 2.55 bits per heavy atom. The Labute approximate surface area is 75.2 Å². The van der Waals surface area contributed by atoms with Crippen LogP contribution in [0, 0.1) is 3.70 Å². The highest BCUT2D eigenvalue weighted by Crippen LogP contribution is 2.17. The zero-order valence-electron chi connectivity index (χ0n) is 5.26. The van der Waals surface area contributed by atoms with Gasteiger partial charge in [-0.3, -0.25) is 0 Å². The summed E-state index contributed by atoms with van der Waals surface area (Å²) in [4.78, 5) is 6.98. The molecule has 0 bridgehead atoms. The topological polar surface area (TPSA) is 51.8 Å². The van der Waals surface area contributed by atoms with Crippen molar-refractivity contribution < 1.29 is 8.78 Å². The Kier molecular flexibility index (Phi) is 2.53. The van der Waals surface area contributed by atoms with Gasteiger partial charge < -0.3 is 5.73 Å². The van der Waals surface area contributed by atoms with E-state index in [-0.39, 0.29) is 11.6 Å². The standard InChI is InChI=1S/C5H4F2IN3/c6-4(7)2-1-3(8)11-5(9)10-2/h1,4H,(H2,9,10,11). The molecule has 0 saturated carbocycles. The Hall–Kier alpha value is -0.530. The molecule has 0 atom stereocenters. The molecule has 2 N–H and O–H groups in total. The van der Waals surface area contributed by atoms with Gasteiger partial charge in [0.15, 0.2) is 0 Å². The first-order valence-corrected chi connectivity index (χ1v) is 3.75. The normalized spacial score (nSPS) is 10.5. The van der Waals surface area contributed by atoms with E-state index >= 15 is 0 Å². The zero-order valence-corrected chi connectivity index (χ0v) is 7.42. The average molecular weight is 271 g/mol. The SMILES string of the molecule is Nc1nc(I)cc(C(F)F)n1. The van der Waals surface area contributed by atoms with Crippen LogP contribution in [0.25, 0.3) is 0 Å². The van der Waals surface area contributed by atoms with Crippen molar-refractivity contribution in [2.75, 3.05) is 5.73 Å². The van der Waals surface area contributed by atoms with E-state index < -0.39 is 6.43 Å². The molecule has 0 fully saturated rings. The van der Waals surface area contributed by atoms with Gasteiger partial charge >= 0.3 is 0 Å². The van der Waals surface area contributed by atoms with E-state index in [4.69, 9.17) is 5.73 Å². The summed E-state index contributed by atoms with van der Waals surface area (Å²) >= 11 is 1.80. The van der Waals surface area contributed by atoms with Crippen molar-refractivity contribution in [1.82, 2.24) is 9.97 Å². The first-order chi connectivity index (χ1) is 5.09. The summed E-state index contributed by atoms with van der Waals surface area (Å²) in [6, 6.07) is 1.20. The quantitative estimate of drug-likeness (QED) is 0.623. The highest BCUT2D eigenvalue weighted by molar-refractivity contribution is 14.1. The number of rotatable bonds is 1. The summed E-state index contributed by atoms with van der Waals surface area (Å²) in [7, 11) is 0. The summed E-state index contributed by atoms with van der Waals surface area (Å²) in [5, 5.41) is 0. The molecular weight excluding hydrogens is 267 g/mol. The van der Waals surface area contributed by atoms with Crippen molar-refractivity contribution in [1.29, 1.82) is 0 Å². The van der Waals surface area contributed by atoms with Gasteiger partial charge in [-0.25, -0.2) is 18.7 Å². The summed E-state index contributed by atoms with van der Waals surface area (Å²) in [5.41, 5.74) is 4.81. The van der Waals surface area contributed by atoms with Crippen molar-refractivity contribution in [3.63, 3.8) is 0 Å². The van der Waals surface area contributed by atoms with Crippen molar-refractivity contribution >= 4 is 28.5 Å². The minimum Gasteiger partial charge on any atom is -0.368 e. The lowest BCUT2D eigenvalue weighted by atomic mass is 10.4. The first-order valence-electron chi connectivity index (χ1n) is 2.67. The molecule has 0 aromatic carbocycles. The maximum atomic E-state index is 12.0.